The molecular weight excluding hydrogens is 414 g/mol. The summed E-state index contributed by atoms with van der Waals surface area (Å²) in [5.74, 6) is -1.23. The van der Waals surface area contributed by atoms with E-state index in [2.05, 4.69) is 5.32 Å². The van der Waals surface area contributed by atoms with Gasteiger partial charge in [0, 0.05) is 17.8 Å². The van der Waals surface area contributed by atoms with Crippen molar-refractivity contribution >= 4 is 39.0 Å². The highest BCUT2D eigenvalue weighted by Gasteiger charge is 2.23. The highest BCUT2D eigenvalue weighted by atomic mass is 32.2. The minimum Gasteiger partial charge on any atom is -0.462 e. The number of carbonyl (C=O) groups is 2. The second-order valence-electron chi connectivity index (χ2n) is 6.29. The number of amides is 1. The molecule has 11 heteroatoms. The third kappa shape index (κ3) is 5.54. The van der Waals surface area contributed by atoms with E-state index in [1.54, 1.807) is 32.0 Å². The van der Waals surface area contributed by atoms with Crippen LogP contribution < -0.4 is 9.62 Å². The molecule has 0 aliphatic rings. The molecule has 1 N–H and O–H groups in total. The van der Waals surface area contributed by atoms with Gasteiger partial charge in [0.2, 0.25) is 15.9 Å². The zero-order valence-corrected chi connectivity index (χ0v) is 17.4. The van der Waals surface area contributed by atoms with Gasteiger partial charge in [-0.05, 0) is 37.6 Å². The summed E-state index contributed by atoms with van der Waals surface area (Å²) in [7, 11) is -3.91. The fraction of sp³-hybridized carbons (Fsp3) is 0.263. The minimum atomic E-state index is -3.91. The number of nitro benzene ring substituents is 1. The summed E-state index contributed by atoms with van der Waals surface area (Å²) in [6.07, 6.45) is 0.895. The Hall–Kier alpha value is -3.47. The quantitative estimate of drug-likeness (QED) is 0.382. The van der Waals surface area contributed by atoms with E-state index >= 15 is 0 Å². The maximum atomic E-state index is 12.6. The number of rotatable bonds is 8. The molecular formula is C19H21N3O7S. The number of carbonyl (C=O) groups excluding carboxylic acids is 2. The number of ether oxygens (including phenoxy) is 1. The highest BCUT2D eigenvalue weighted by molar-refractivity contribution is 7.92. The second kappa shape index (κ2) is 9.35. The van der Waals surface area contributed by atoms with Gasteiger partial charge in [0.15, 0.2) is 0 Å². The maximum absolute atomic E-state index is 12.6. The van der Waals surface area contributed by atoms with Gasteiger partial charge >= 0.3 is 5.97 Å². The van der Waals surface area contributed by atoms with Crippen LogP contribution in [-0.2, 0) is 19.6 Å². The summed E-state index contributed by atoms with van der Waals surface area (Å²) in [5.41, 5.74) is 0.732. The van der Waals surface area contributed by atoms with Crippen molar-refractivity contribution in [1.29, 1.82) is 0 Å². The number of hydrogen-bond acceptors (Lipinski definition) is 7. The van der Waals surface area contributed by atoms with Crippen molar-refractivity contribution in [3.8, 4) is 0 Å². The summed E-state index contributed by atoms with van der Waals surface area (Å²) in [6, 6.07) is 9.65. The summed E-state index contributed by atoms with van der Waals surface area (Å²) >= 11 is 0. The standard InChI is InChI=1S/C19H21N3O7S/c1-4-29-19(24)16-9-6-10-17(13(16)2)20-18(23)12-21(30(3,27)28)14-7-5-8-15(11-14)22(25)26/h5-11H,4,12H2,1-3H3,(H,20,23). The molecule has 0 aromatic heterocycles. The second-order valence-corrected chi connectivity index (χ2v) is 8.20. The van der Waals surface area contributed by atoms with Crippen molar-refractivity contribution in [3.05, 3.63) is 63.7 Å². The van der Waals surface area contributed by atoms with Crippen LogP contribution in [0.2, 0.25) is 0 Å². The Bertz CT molecular complexity index is 1080. The molecule has 0 atom stereocenters. The Morgan fingerprint density at radius 2 is 1.87 bits per heavy atom. The van der Waals surface area contributed by atoms with Crippen LogP contribution in [0.3, 0.4) is 0 Å². The Morgan fingerprint density at radius 3 is 2.47 bits per heavy atom. The van der Waals surface area contributed by atoms with Crippen molar-refractivity contribution in [2.45, 2.75) is 13.8 Å². The number of anilines is 2. The van der Waals surface area contributed by atoms with Gasteiger partial charge in [-0.25, -0.2) is 13.2 Å². The van der Waals surface area contributed by atoms with Crippen LogP contribution in [0.15, 0.2) is 42.5 Å². The third-order valence-corrected chi connectivity index (χ3v) is 5.26. The number of benzene rings is 2. The van der Waals surface area contributed by atoms with E-state index < -0.39 is 33.4 Å². The van der Waals surface area contributed by atoms with Crippen LogP contribution in [0, 0.1) is 17.0 Å². The lowest BCUT2D eigenvalue weighted by atomic mass is 10.1. The molecule has 0 aliphatic carbocycles. The molecule has 0 heterocycles. The van der Waals surface area contributed by atoms with Crippen molar-refractivity contribution in [2.75, 3.05) is 29.0 Å². The first-order valence-electron chi connectivity index (χ1n) is 8.83. The fourth-order valence-electron chi connectivity index (χ4n) is 2.68. The van der Waals surface area contributed by atoms with E-state index in [9.17, 15) is 28.1 Å². The first-order valence-corrected chi connectivity index (χ1v) is 10.7. The van der Waals surface area contributed by atoms with Crippen LogP contribution in [-0.4, -0.2) is 44.6 Å². The van der Waals surface area contributed by atoms with E-state index in [1.807, 2.05) is 0 Å². The Kier molecular flexibility index (Phi) is 7.11. The average molecular weight is 435 g/mol. The lowest BCUT2D eigenvalue weighted by molar-refractivity contribution is -0.384. The predicted molar refractivity (Wildman–Crippen MR) is 111 cm³/mol. The highest BCUT2D eigenvalue weighted by Crippen LogP contribution is 2.24. The molecule has 1 amide bonds. The summed E-state index contributed by atoms with van der Waals surface area (Å²) in [5, 5.41) is 13.6. The molecule has 160 valence electrons. The fourth-order valence-corrected chi connectivity index (χ4v) is 3.53. The molecule has 0 radical (unpaired) electrons. The van der Waals surface area contributed by atoms with Gasteiger partial charge in [-0.2, -0.15) is 0 Å². The van der Waals surface area contributed by atoms with Gasteiger partial charge < -0.3 is 10.1 Å². The molecule has 30 heavy (non-hydrogen) atoms. The van der Waals surface area contributed by atoms with Gasteiger partial charge in [-0.1, -0.05) is 12.1 Å². The van der Waals surface area contributed by atoms with Crippen LogP contribution in [0.1, 0.15) is 22.8 Å². The van der Waals surface area contributed by atoms with E-state index in [4.69, 9.17) is 4.74 Å². The van der Waals surface area contributed by atoms with Crippen molar-refractivity contribution in [1.82, 2.24) is 0 Å². The third-order valence-electron chi connectivity index (χ3n) is 4.12. The predicted octanol–water partition coefficient (Wildman–Crippen LogP) is 2.48. The monoisotopic (exact) mass is 435 g/mol. The van der Waals surface area contributed by atoms with Crippen molar-refractivity contribution in [2.24, 2.45) is 0 Å². The summed E-state index contributed by atoms with van der Waals surface area (Å²) < 4.78 is 30.1. The molecule has 0 fully saturated rings. The number of esters is 1. The molecule has 0 saturated carbocycles. The first-order chi connectivity index (χ1) is 14.0. The van der Waals surface area contributed by atoms with Gasteiger partial charge in [0.25, 0.3) is 5.69 Å². The Morgan fingerprint density at radius 1 is 1.20 bits per heavy atom. The van der Waals surface area contributed by atoms with Crippen LogP contribution in [0.4, 0.5) is 17.1 Å². The number of nitro groups is 1. The maximum Gasteiger partial charge on any atom is 0.338 e. The lowest BCUT2D eigenvalue weighted by Crippen LogP contribution is -2.37. The largest absolute Gasteiger partial charge is 0.462 e. The number of sulfonamides is 1. The van der Waals surface area contributed by atoms with E-state index in [-0.39, 0.29) is 23.5 Å². The Balaban J connectivity index is 2.28. The van der Waals surface area contributed by atoms with Crippen molar-refractivity contribution < 1.29 is 27.7 Å². The molecule has 2 aromatic carbocycles. The Labute approximate surface area is 173 Å². The van der Waals surface area contributed by atoms with E-state index in [0.29, 0.717) is 11.3 Å². The molecule has 0 aliphatic heterocycles. The molecule has 0 saturated heterocycles. The van der Waals surface area contributed by atoms with Gasteiger partial charge in [0.1, 0.15) is 6.54 Å². The molecule has 2 aromatic rings. The van der Waals surface area contributed by atoms with Crippen LogP contribution >= 0.6 is 0 Å². The number of non-ortho nitro benzene ring substituents is 1. The molecule has 0 spiro atoms. The number of nitrogens with zero attached hydrogens (tertiary/aromatic N) is 2. The molecule has 2 rings (SSSR count). The molecule has 10 nitrogen and oxygen atoms in total. The van der Waals surface area contributed by atoms with Gasteiger partial charge in [-0.15, -0.1) is 0 Å². The smallest absolute Gasteiger partial charge is 0.338 e. The summed E-state index contributed by atoms with van der Waals surface area (Å²) in [6.45, 7) is 2.88. The topological polar surface area (TPSA) is 136 Å². The minimum absolute atomic E-state index is 0.0150. The zero-order valence-electron chi connectivity index (χ0n) is 16.6. The normalized spacial score (nSPS) is 10.9. The molecule has 0 bridgehead atoms. The zero-order chi connectivity index (χ0) is 22.5. The van der Waals surface area contributed by atoms with Gasteiger partial charge in [0.05, 0.1) is 29.0 Å². The van der Waals surface area contributed by atoms with E-state index in [0.717, 1.165) is 16.6 Å². The van der Waals surface area contributed by atoms with E-state index in [1.165, 1.54) is 18.2 Å². The van der Waals surface area contributed by atoms with Crippen LogP contribution in [0.5, 0.6) is 0 Å². The van der Waals surface area contributed by atoms with Crippen LogP contribution in [0.25, 0.3) is 0 Å². The number of hydrogen-bond donors (Lipinski definition) is 1. The summed E-state index contributed by atoms with van der Waals surface area (Å²) in [4.78, 5) is 34.9. The van der Waals surface area contributed by atoms with Gasteiger partial charge in [-0.3, -0.25) is 19.2 Å². The SMILES string of the molecule is CCOC(=O)c1cccc(NC(=O)CN(c2cccc([N+](=O)[O-])c2)S(C)(=O)=O)c1C. The first kappa shape index (κ1) is 22.8. The molecule has 0 unspecified atom stereocenters. The lowest BCUT2D eigenvalue weighted by Gasteiger charge is -2.22. The average Bonchev–Trinajstić information content (AvgIpc) is 2.67. The van der Waals surface area contributed by atoms with Crippen molar-refractivity contribution in [3.63, 3.8) is 0 Å². The number of nitrogens with one attached hydrogen (secondary N) is 1.